The molecular weight excluding hydrogens is 384 g/mol. The fourth-order valence-electron chi connectivity index (χ4n) is 4.40. The monoisotopic (exact) mass is 408 g/mol. The van der Waals surface area contributed by atoms with E-state index < -0.39 is 0 Å². The van der Waals surface area contributed by atoms with Gasteiger partial charge in [-0.3, -0.25) is 4.98 Å². The number of esters is 1. The van der Waals surface area contributed by atoms with E-state index in [9.17, 15) is 4.79 Å². The molecule has 1 aromatic carbocycles. The molecule has 1 aromatic heterocycles. The molecule has 1 saturated heterocycles. The molecule has 2 heterocycles. The average molecular weight is 409 g/mol. The second kappa shape index (κ2) is 8.93. The van der Waals surface area contributed by atoms with Crippen molar-refractivity contribution >= 4 is 29.2 Å². The van der Waals surface area contributed by atoms with Gasteiger partial charge in [-0.1, -0.05) is 23.7 Å². The zero-order valence-electron chi connectivity index (χ0n) is 16.5. The second-order valence-electron chi connectivity index (χ2n) is 7.46. The van der Waals surface area contributed by atoms with E-state index in [0.29, 0.717) is 17.5 Å². The summed E-state index contributed by atoms with van der Waals surface area (Å²) in [7, 11) is 0. The summed E-state index contributed by atoms with van der Waals surface area (Å²) < 4.78 is 5.06. The van der Waals surface area contributed by atoms with E-state index in [1.54, 1.807) is 6.92 Å². The first-order valence-electron chi connectivity index (χ1n) is 10.2. The number of carbonyl (C=O) groups excluding carboxylic acids is 1. The van der Waals surface area contributed by atoms with E-state index in [0.717, 1.165) is 48.3 Å². The fourth-order valence-corrected chi connectivity index (χ4v) is 4.58. The van der Waals surface area contributed by atoms with Crippen molar-refractivity contribution in [1.29, 1.82) is 0 Å². The molecule has 1 unspecified atom stereocenters. The van der Waals surface area contributed by atoms with Crippen molar-refractivity contribution in [2.45, 2.75) is 25.7 Å². The number of piperidine rings is 1. The summed E-state index contributed by atoms with van der Waals surface area (Å²) in [6.07, 6.45) is 9.50. The van der Waals surface area contributed by atoms with Crippen molar-refractivity contribution in [2.24, 2.45) is 5.92 Å². The lowest BCUT2D eigenvalue weighted by Gasteiger charge is -2.32. The molecule has 0 bridgehead atoms. The minimum Gasteiger partial charge on any atom is -0.463 e. The van der Waals surface area contributed by atoms with Gasteiger partial charge in [0.25, 0.3) is 0 Å². The van der Waals surface area contributed by atoms with Gasteiger partial charge >= 0.3 is 5.97 Å². The Morgan fingerprint density at radius 3 is 2.93 bits per heavy atom. The number of aromatic nitrogens is 1. The Morgan fingerprint density at radius 2 is 2.14 bits per heavy atom. The number of hydrogen-bond donors (Lipinski definition) is 1. The largest absolute Gasteiger partial charge is 0.463 e. The van der Waals surface area contributed by atoms with Gasteiger partial charge < -0.3 is 10.1 Å². The number of nitrogens with zero attached hydrogens (tertiary/aromatic N) is 1. The SMILES string of the molecule is CCOC(=O)/C=C/C1=Cc2cc(Cl)ccc2C(C2CCNCC2)c2ncccc21. The van der Waals surface area contributed by atoms with E-state index in [1.807, 2.05) is 30.5 Å². The molecule has 1 atom stereocenters. The zero-order chi connectivity index (χ0) is 20.2. The number of benzene rings is 1. The van der Waals surface area contributed by atoms with Gasteiger partial charge in [0.2, 0.25) is 0 Å². The first kappa shape index (κ1) is 19.9. The highest BCUT2D eigenvalue weighted by Gasteiger charge is 2.32. The molecule has 1 fully saturated rings. The van der Waals surface area contributed by atoms with Crippen LogP contribution in [0.2, 0.25) is 5.02 Å². The number of hydrogen-bond acceptors (Lipinski definition) is 4. The van der Waals surface area contributed by atoms with Gasteiger partial charge in [-0.25, -0.2) is 4.79 Å². The molecule has 0 spiro atoms. The molecule has 0 amide bonds. The van der Waals surface area contributed by atoms with Gasteiger partial charge in [0, 0.05) is 28.8 Å². The van der Waals surface area contributed by atoms with Crippen LogP contribution in [0.4, 0.5) is 0 Å². The predicted molar refractivity (Wildman–Crippen MR) is 117 cm³/mol. The minimum absolute atomic E-state index is 0.199. The lowest BCUT2D eigenvalue weighted by Crippen LogP contribution is -2.32. The summed E-state index contributed by atoms with van der Waals surface area (Å²) in [5, 5.41) is 4.17. The maximum atomic E-state index is 11.9. The summed E-state index contributed by atoms with van der Waals surface area (Å²) >= 11 is 6.34. The summed E-state index contributed by atoms with van der Waals surface area (Å²) in [5.74, 6) is 0.362. The highest BCUT2D eigenvalue weighted by molar-refractivity contribution is 6.30. The van der Waals surface area contributed by atoms with E-state index >= 15 is 0 Å². The minimum atomic E-state index is -0.343. The Balaban J connectivity index is 1.86. The number of carbonyl (C=O) groups is 1. The third-order valence-electron chi connectivity index (χ3n) is 5.68. The number of allylic oxidation sites excluding steroid dienone is 2. The first-order valence-corrected chi connectivity index (χ1v) is 10.6. The van der Waals surface area contributed by atoms with Crippen LogP contribution in [0.25, 0.3) is 11.6 Å². The predicted octanol–water partition coefficient (Wildman–Crippen LogP) is 4.84. The van der Waals surface area contributed by atoms with E-state index in [-0.39, 0.29) is 11.9 Å². The maximum Gasteiger partial charge on any atom is 0.330 e. The topological polar surface area (TPSA) is 51.2 Å². The molecule has 4 nitrogen and oxygen atoms in total. The standard InChI is InChI=1S/C24H25ClN2O2/c1-2-29-22(28)8-5-17-14-18-15-19(25)6-7-20(18)23(16-9-12-26-13-10-16)24-21(17)4-3-11-27-24/h3-8,11,14-16,23,26H,2,9-10,12-13H2,1H3/b8-5+. The summed E-state index contributed by atoms with van der Waals surface area (Å²) in [4.78, 5) is 16.7. The van der Waals surface area contributed by atoms with E-state index in [2.05, 4.69) is 23.5 Å². The second-order valence-corrected chi connectivity index (χ2v) is 7.90. The summed E-state index contributed by atoms with van der Waals surface area (Å²) in [6.45, 7) is 4.21. The van der Waals surface area contributed by atoms with Crippen LogP contribution in [0.5, 0.6) is 0 Å². The van der Waals surface area contributed by atoms with Crippen molar-refractivity contribution in [3.8, 4) is 0 Å². The molecule has 4 rings (SSSR count). The molecule has 150 valence electrons. The molecule has 1 aliphatic heterocycles. The Hall–Kier alpha value is -2.43. The van der Waals surface area contributed by atoms with Gasteiger partial charge in [-0.05, 0) is 85.8 Å². The lowest BCUT2D eigenvalue weighted by molar-refractivity contribution is -0.137. The fraction of sp³-hybridized carbons (Fsp3) is 0.333. The first-order chi connectivity index (χ1) is 14.2. The van der Waals surface area contributed by atoms with Crippen LogP contribution < -0.4 is 5.32 Å². The van der Waals surface area contributed by atoms with Crippen molar-refractivity contribution in [2.75, 3.05) is 19.7 Å². The molecule has 0 saturated carbocycles. The van der Waals surface area contributed by atoms with Gasteiger partial charge in [-0.2, -0.15) is 0 Å². The summed E-state index contributed by atoms with van der Waals surface area (Å²) in [5.41, 5.74) is 5.41. The highest BCUT2D eigenvalue weighted by atomic mass is 35.5. The molecule has 2 aromatic rings. The lowest BCUT2D eigenvalue weighted by atomic mass is 9.76. The number of fused-ring (bicyclic) bond motifs is 2. The van der Waals surface area contributed by atoms with Gasteiger partial charge in [-0.15, -0.1) is 0 Å². The molecular formula is C24H25ClN2O2. The third kappa shape index (κ3) is 4.29. The Morgan fingerprint density at radius 1 is 1.31 bits per heavy atom. The molecule has 5 heteroatoms. The molecule has 29 heavy (non-hydrogen) atoms. The molecule has 0 radical (unpaired) electrons. The van der Waals surface area contributed by atoms with Gasteiger partial charge in [0.05, 0.1) is 12.3 Å². The van der Waals surface area contributed by atoms with Crippen molar-refractivity contribution in [3.05, 3.63) is 76.1 Å². The number of halogens is 1. The zero-order valence-corrected chi connectivity index (χ0v) is 17.3. The Bertz CT molecular complexity index is 961. The van der Waals surface area contributed by atoms with Crippen molar-refractivity contribution < 1.29 is 9.53 Å². The van der Waals surface area contributed by atoms with Crippen LogP contribution in [0, 0.1) is 5.92 Å². The van der Waals surface area contributed by atoms with Crippen LogP contribution in [0.3, 0.4) is 0 Å². The Labute approximate surface area is 176 Å². The van der Waals surface area contributed by atoms with Crippen LogP contribution in [-0.2, 0) is 9.53 Å². The molecule has 2 aliphatic rings. The quantitative estimate of drug-likeness (QED) is 0.581. The number of ether oxygens (including phenoxy) is 1. The maximum absolute atomic E-state index is 11.9. The van der Waals surface area contributed by atoms with Crippen LogP contribution in [0.1, 0.15) is 48.1 Å². The van der Waals surface area contributed by atoms with E-state index in [4.69, 9.17) is 21.3 Å². The van der Waals surface area contributed by atoms with Gasteiger partial charge in [0.1, 0.15) is 0 Å². The Kier molecular flexibility index (Phi) is 6.12. The number of nitrogens with one attached hydrogen (secondary N) is 1. The van der Waals surface area contributed by atoms with Crippen LogP contribution >= 0.6 is 11.6 Å². The third-order valence-corrected chi connectivity index (χ3v) is 5.91. The average Bonchev–Trinajstić information content (AvgIpc) is 2.87. The van der Waals surface area contributed by atoms with Gasteiger partial charge in [0.15, 0.2) is 0 Å². The highest BCUT2D eigenvalue weighted by Crippen LogP contribution is 2.44. The summed E-state index contributed by atoms with van der Waals surface area (Å²) in [6, 6.07) is 10.1. The smallest absolute Gasteiger partial charge is 0.330 e. The number of rotatable bonds is 4. The number of pyridine rings is 1. The van der Waals surface area contributed by atoms with E-state index in [1.165, 1.54) is 11.6 Å². The molecule has 1 aliphatic carbocycles. The molecule has 1 N–H and O–H groups in total. The van der Waals surface area contributed by atoms with Crippen molar-refractivity contribution in [1.82, 2.24) is 10.3 Å². The van der Waals surface area contributed by atoms with Crippen LogP contribution in [0.15, 0.2) is 48.7 Å². The van der Waals surface area contributed by atoms with Crippen LogP contribution in [-0.4, -0.2) is 30.6 Å². The van der Waals surface area contributed by atoms with Crippen molar-refractivity contribution in [3.63, 3.8) is 0 Å². The normalized spacial score (nSPS) is 19.2.